The molecule has 6 heteroatoms. The molecule has 1 N–H and O–H groups in total. The monoisotopic (exact) mass is 289 g/mol. The Morgan fingerprint density at radius 1 is 1.26 bits per heavy atom. The predicted octanol–water partition coefficient (Wildman–Crippen LogP) is 1.84. The summed E-state index contributed by atoms with van der Waals surface area (Å²) in [6.07, 6.45) is 6.33. The van der Waals surface area contributed by atoms with Crippen LogP contribution in [0.4, 0.5) is 0 Å². The minimum Gasteiger partial charge on any atom is -0.480 e. The molecule has 1 aliphatic heterocycles. The molecule has 5 nitrogen and oxygen atoms in total. The molecular formula is C13H23NO4S. The number of aliphatic carboxylic acids is 1. The fourth-order valence-corrected chi connectivity index (χ4v) is 5.64. The van der Waals surface area contributed by atoms with Crippen molar-refractivity contribution in [1.82, 2.24) is 4.31 Å². The van der Waals surface area contributed by atoms with Crippen LogP contribution in [0, 0.1) is 5.92 Å². The van der Waals surface area contributed by atoms with Gasteiger partial charge in [-0.15, -0.1) is 0 Å². The van der Waals surface area contributed by atoms with Gasteiger partial charge in [0.1, 0.15) is 5.54 Å². The number of hydrogen-bond acceptors (Lipinski definition) is 3. The van der Waals surface area contributed by atoms with E-state index in [2.05, 4.69) is 0 Å². The summed E-state index contributed by atoms with van der Waals surface area (Å²) in [5.41, 5.74) is -1.24. The van der Waals surface area contributed by atoms with E-state index in [1.165, 1.54) is 17.6 Å². The number of hydrogen-bond donors (Lipinski definition) is 1. The quantitative estimate of drug-likeness (QED) is 0.857. The summed E-state index contributed by atoms with van der Waals surface area (Å²) in [7, 11) is -3.46. The molecule has 1 saturated carbocycles. The first-order chi connectivity index (χ1) is 8.86. The first-order valence-corrected chi connectivity index (χ1v) is 8.71. The fourth-order valence-electron chi connectivity index (χ4n) is 3.34. The van der Waals surface area contributed by atoms with Crippen molar-refractivity contribution in [2.24, 2.45) is 5.92 Å². The molecule has 0 spiro atoms. The highest BCUT2D eigenvalue weighted by molar-refractivity contribution is 7.89. The molecule has 1 aliphatic carbocycles. The lowest BCUT2D eigenvalue weighted by molar-refractivity contribution is -0.146. The summed E-state index contributed by atoms with van der Waals surface area (Å²) in [4.78, 5) is 11.4. The molecule has 1 unspecified atom stereocenters. The maximum Gasteiger partial charge on any atom is 0.324 e. The maximum absolute atomic E-state index is 12.5. The highest BCUT2D eigenvalue weighted by atomic mass is 32.2. The molecule has 0 aromatic rings. The second-order valence-corrected chi connectivity index (χ2v) is 7.98. The maximum atomic E-state index is 12.5. The van der Waals surface area contributed by atoms with Gasteiger partial charge in [0.05, 0.1) is 5.75 Å². The third kappa shape index (κ3) is 2.94. The lowest BCUT2D eigenvalue weighted by Crippen LogP contribution is -2.51. The molecule has 0 aromatic heterocycles. The number of carbonyl (C=O) groups is 1. The van der Waals surface area contributed by atoms with Gasteiger partial charge in [0.2, 0.25) is 10.0 Å². The fraction of sp³-hybridized carbons (Fsp3) is 0.923. The number of carboxylic acids is 1. The highest BCUT2D eigenvalue weighted by Crippen LogP contribution is 2.34. The Bertz CT molecular complexity index is 442. The van der Waals surface area contributed by atoms with Gasteiger partial charge in [-0.3, -0.25) is 4.79 Å². The van der Waals surface area contributed by atoms with Crippen LogP contribution in [0.1, 0.15) is 51.9 Å². The Morgan fingerprint density at radius 3 is 2.47 bits per heavy atom. The number of carboxylic acid groups (broad SMARTS) is 1. The Balaban J connectivity index is 2.12. The van der Waals surface area contributed by atoms with E-state index in [1.807, 2.05) is 0 Å². The van der Waals surface area contributed by atoms with Crippen LogP contribution in [0.2, 0.25) is 0 Å². The first-order valence-electron chi connectivity index (χ1n) is 7.10. The standard InChI is InChI=1S/C13H23NO4S/c1-13(12(15)16)8-5-9-14(13)19(17,18)10-11-6-3-2-4-7-11/h11H,2-10H2,1H3,(H,15,16). The van der Waals surface area contributed by atoms with Gasteiger partial charge in [-0.2, -0.15) is 4.31 Å². The minimum atomic E-state index is -3.46. The number of nitrogens with zero attached hydrogens (tertiary/aromatic N) is 1. The summed E-state index contributed by atoms with van der Waals surface area (Å²) in [5.74, 6) is -0.704. The second kappa shape index (κ2) is 5.40. The Labute approximate surface area is 115 Å². The van der Waals surface area contributed by atoms with Crippen molar-refractivity contribution in [1.29, 1.82) is 0 Å². The minimum absolute atomic E-state index is 0.121. The predicted molar refractivity (Wildman–Crippen MR) is 72.3 cm³/mol. The number of sulfonamides is 1. The van der Waals surface area contributed by atoms with Crippen LogP contribution >= 0.6 is 0 Å². The van der Waals surface area contributed by atoms with Crippen LogP contribution in [-0.2, 0) is 14.8 Å². The van der Waals surface area contributed by atoms with Crippen LogP contribution in [0.3, 0.4) is 0 Å². The van der Waals surface area contributed by atoms with Gasteiger partial charge in [-0.1, -0.05) is 19.3 Å². The third-order valence-electron chi connectivity index (χ3n) is 4.54. The SMILES string of the molecule is CC1(C(=O)O)CCCN1S(=O)(=O)CC1CCCCC1. The Hall–Kier alpha value is -0.620. The molecule has 19 heavy (non-hydrogen) atoms. The summed E-state index contributed by atoms with van der Waals surface area (Å²) in [6, 6.07) is 0. The van der Waals surface area contributed by atoms with Crippen molar-refractivity contribution in [3.63, 3.8) is 0 Å². The van der Waals surface area contributed by atoms with Gasteiger partial charge in [0.25, 0.3) is 0 Å². The van der Waals surface area contributed by atoms with Crippen LogP contribution in [0.25, 0.3) is 0 Å². The Morgan fingerprint density at radius 2 is 1.89 bits per heavy atom. The zero-order valence-corrected chi connectivity index (χ0v) is 12.3. The molecule has 2 rings (SSSR count). The third-order valence-corrected chi connectivity index (χ3v) is 6.69. The molecule has 0 aromatic carbocycles. The summed E-state index contributed by atoms with van der Waals surface area (Å²) in [5, 5.41) is 9.31. The Kier molecular flexibility index (Phi) is 4.20. The van der Waals surface area contributed by atoms with E-state index in [0.29, 0.717) is 19.4 Å². The molecule has 110 valence electrons. The first kappa shape index (κ1) is 14.8. The topological polar surface area (TPSA) is 74.7 Å². The van der Waals surface area contributed by atoms with E-state index >= 15 is 0 Å². The molecule has 0 bridgehead atoms. The van der Waals surface area contributed by atoms with Crippen molar-refractivity contribution in [2.45, 2.75) is 57.4 Å². The van der Waals surface area contributed by atoms with Gasteiger partial charge < -0.3 is 5.11 Å². The van der Waals surface area contributed by atoms with Crippen LogP contribution in [-0.4, -0.2) is 41.6 Å². The molecule has 1 heterocycles. The summed E-state index contributed by atoms with van der Waals surface area (Å²) in [6.45, 7) is 1.87. The summed E-state index contributed by atoms with van der Waals surface area (Å²) < 4.78 is 26.2. The van der Waals surface area contributed by atoms with Crippen LogP contribution < -0.4 is 0 Å². The molecule has 2 aliphatic rings. The van der Waals surface area contributed by atoms with E-state index in [9.17, 15) is 18.3 Å². The second-order valence-electron chi connectivity index (χ2n) is 6.04. The van der Waals surface area contributed by atoms with Crippen LogP contribution in [0.5, 0.6) is 0 Å². The average Bonchev–Trinajstić information content (AvgIpc) is 2.74. The smallest absolute Gasteiger partial charge is 0.324 e. The van der Waals surface area contributed by atoms with Crippen molar-refractivity contribution in [2.75, 3.05) is 12.3 Å². The van der Waals surface area contributed by atoms with Gasteiger partial charge in [-0.05, 0) is 38.5 Å². The van der Waals surface area contributed by atoms with Crippen molar-refractivity contribution in [3.8, 4) is 0 Å². The van der Waals surface area contributed by atoms with E-state index in [-0.39, 0.29) is 11.7 Å². The van der Waals surface area contributed by atoms with Crippen LogP contribution in [0.15, 0.2) is 0 Å². The molecule has 0 amide bonds. The zero-order chi connectivity index (χ0) is 14.1. The molecule has 0 radical (unpaired) electrons. The largest absolute Gasteiger partial charge is 0.480 e. The van der Waals surface area contributed by atoms with Gasteiger partial charge in [0.15, 0.2) is 0 Å². The van der Waals surface area contributed by atoms with Crippen molar-refractivity contribution < 1.29 is 18.3 Å². The van der Waals surface area contributed by atoms with Gasteiger partial charge >= 0.3 is 5.97 Å². The average molecular weight is 289 g/mol. The molecule has 1 saturated heterocycles. The highest BCUT2D eigenvalue weighted by Gasteiger charge is 2.49. The van der Waals surface area contributed by atoms with E-state index < -0.39 is 21.5 Å². The lowest BCUT2D eigenvalue weighted by atomic mass is 9.91. The lowest BCUT2D eigenvalue weighted by Gasteiger charge is -2.32. The normalized spacial score (nSPS) is 30.6. The summed E-state index contributed by atoms with van der Waals surface area (Å²) >= 11 is 0. The van der Waals surface area contributed by atoms with E-state index in [1.54, 1.807) is 0 Å². The molecule has 1 atom stereocenters. The van der Waals surface area contributed by atoms with E-state index in [4.69, 9.17) is 0 Å². The number of rotatable bonds is 4. The van der Waals surface area contributed by atoms with Gasteiger partial charge in [-0.25, -0.2) is 8.42 Å². The zero-order valence-electron chi connectivity index (χ0n) is 11.5. The molecular weight excluding hydrogens is 266 g/mol. The molecule has 2 fully saturated rings. The van der Waals surface area contributed by atoms with Gasteiger partial charge in [0, 0.05) is 6.54 Å². The van der Waals surface area contributed by atoms with E-state index in [0.717, 1.165) is 25.7 Å². The van der Waals surface area contributed by atoms with Crippen molar-refractivity contribution in [3.05, 3.63) is 0 Å². The van der Waals surface area contributed by atoms with Crippen molar-refractivity contribution >= 4 is 16.0 Å².